The van der Waals surface area contributed by atoms with Gasteiger partial charge in [-0.15, -0.1) is 0 Å². The Morgan fingerprint density at radius 3 is 2.50 bits per heavy atom. The zero-order valence-electron chi connectivity index (χ0n) is 12.7. The molecular formula is C15H29N3. The molecule has 3 nitrogen and oxygen atoms in total. The molecule has 1 aliphatic carbocycles. The van der Waals surface area contributed by atoms with Crippen molar-refractivity contribution < 1.29 is 0 Å². The first-order chi connectivity index (χ1) is 8.44. The molecule has 0 heterocycles. The number of hydrogen-bond acceptors (Lipinski definition) is 3. The molecule has 1 aliphatic rings. The SMILES string of the molecule is CNC1(C#N)CCCC(N(CC(C)C)C(C)C)C1. The van der Waals surface area contributed by atoms with Crippen LogP contribution in [-0.4, -0.2) is 36.1 Å². The van der Waals surface area contributed by atoms with E-state index in [-0.39, 0.29) is 5.54 Å². The molecule has 0 radical (unpaired) electrons. The first-order valence-electron chi connectivity index (χ1n) is 7.30. The van der Waals surface area contributed by atoms with Crippen LogP contribution in [0.5, 0.6) is 0 Å². The molecule has 0 spiro atoms. The molecular weight excluding hydrogens is 222 g/mol. The zero-order chi connectivity index (χ0) is 13.8. The quantitative estimate of drug-likeness (QED) is 0.816. The van der Waals surface area contributed by atoms with Crippen LogP contribution in [0.25, 0.3) is 0 Å². The topological polar surface area (TPSA) is 39.1 Å². The summed E-state index contributed by atoms with van der Waals surface area (Å²) in [7, 11) is 1.92. The van der Waals surface area contributed by atoms with Crippen LogP contribution in [0, 0.1) is 17.2 Å². The van der Waals surface area contributed by atoms with E-state index in [2.05, 4.69) is 44.0 Å². The minimum Gasteiger partial charge on any atom is -0.302 e. The monoisotopic (exact) mass is 251 g/mol. The molecule has 2 atom stereocenters. The Morgan fingerprint density at radius 2 is 2.06 bits per heavy atom. The third kappa shape index (κ3) is 3.70. The second-order valence-electron chi connectivity index (χ2n) is 6.38. The van der Waals surface area contributed by atoms with Crippen molar-refractivity contribution >= 4 is 0 Å². The van der Waals surface area contributed by atoms with Gasteiger partial charge in [0.25, 0.3) is 0 Å². The van der Waals surface area contributed by atoms with Crippen LogP contribution in [-0.2, 0) is 0 Å². The summed E-state index contributed by atoms with van der Waals surface area (Å²) >= 11 is 0. The van der Waals surface area contributed by atoms with Gasteiger partial charge in [-0.1, -0.05) is 13.8 Å². The molecule has 1 N–H and O–H groups in total. The molecule has 1 fully saturated rings. The van der Waals surface area contributed by atoms with Crippen LogP contribution in [0.15, 0.2) is 0 Å². The van der Waals surface area contributed by atoms with E-state index in [0.717, 1.165) is 25.8 Å². The van der Waals surface area contributed by atoms with E-state index in [1.54, 1.807) is 0 Å². The zero-order valence-corrected chi connectivity index (χ0v) is 12.7. The van der Waals surface area contributed by atoms with E-state index >= 15 is 0 Å². The second-order valence-corrected chi connectivity index (χ2v) is 6.38. The fourth-order valence-corrected chi connectivity index (χ4v) is 3.12. The summed E-state index contributed by atoms with van der Waals surface area (Å²) in [6, 6.07) is 3.61. The summed E-state index contributed by atoms with van der Waals surface area (Å²) in [4.78, 5) is 2.59. The van der Waals surface area contributed by atoms with E-state index in [1.165, 1.54) is 6.42 Å². The van der Waals surface area contributed by atoms with Gasteiger partial charge in [-0.3, -0.25) is 4.90 Å². The Hall–Kier alpha value is -0.590. The lowest BCUT2D eigenvalue weighted by Crippen LogP contribution is -2.53. The average molecular weight is 251 g/mol. The molecule has 0 aromatic rings. The Morgan fingerprint density at radius 1 is 1.39 bits per heavy atom. The van der Waals surface area contributed by atoms with E-state index in [1.807, 2.05) is 7.05 Å². The van der Waals surface area contributed by atoms with Gasteiger partial charge in [-0.25, -0.2) is 0 Å². The van der Waals surface area contributed by atoms with Gasteiger partial charge in [0.2, 0.25) is 0 Å². The first-order valence-corrected chi connectivity index (χ1v) is 7.30. The number of nitrogens with one attached hydrogen (secondary N) is 1. The Labute approximate surface area is 113 Å². The van der Waals surface area contributed by atoms with Crippen molar-refractivity contribution in [2.24, 2.45) is 5.92 Å². The Bertz CT molecular complexity index is 293. The van der Waals surface area contributed by atoms with E-state index < -0.39 is 0 Å². The number of rotatable bonds is 5. The molecule has 18 heavy (non-hydrogen) atoms. The smallest absolute Gasteiger partial charge is 0.108 e. The van der Waals surface area contributed by atoms with Crippen molar-refractivity contribution in [3.8, 4) is 6.07 Å². The maximum atomic E-state index is 9.43. The fraction of sp³-hybridized carbons (Fsp3) is 0.933. The lowest BCUT2D eigenvalue weighted by atomic mass is 9.79. The predicted molar refractivity (Wildman–Crippen MR) is 76.3 cm³/mol. The van der Waals surface area contributed by atoms with Crippen LogP contribution in [0.2, 0.25) is 0 Å². The second kappa shape index (κ2) is 6.54. The van der Waals surface area contributed by atoms with Gasteiger partial charge in [0.1, 0.15) is 5.54 Å². The van der Waals surface area contributed by atoms with E-state index in [4.69, 9.17) is 0 Å². The minimum atomic E-state index is -0.299. The molecule has 1 saturated carbocycles. The number of hydrogen-bond donors (Lipinski definition) is 1. The summed E-state index contributed by atoms with van der Waals surface area (Å²) in [6.07, 6.45) is 4.34. The maximum Gasteiger partial charge on any atom is 0.108 e. The van der Waals surface area contributed by atoms with Crippen molar-refractivity contribution in [3.05, 3.63) is 0 Å². The van der Waals surface area contributed by atoms with Crippen molar-refractivity contribution in [3.63, 3.8) is 0 Å². The third-order valence-corrected chi connectivity index (χ3v) is 4.13. The van der Waals surface area contributed by atoms with E-state index in [9.17, 15) is 5.26 Å². The normalized spacial score (nSPS) is 28.9. The van der Waals surface area contributed by atoms with Gasteiger partial charge in [0.05, 0.1) is 6.07 Å². The highest BCUT2D eigenvalue weighted by molar-refractivity contribution is 5.10. The van der Waals surface area contributed by atoms with Crippen molar-refractivity contribution in [1.82, 2.24) is 10.2 Å². The van der Waals surface area contributed by atoms with Crippen molar-refractivity contribution in [2.75, 3.05) is 13.6 Å². The molecule has 1 rings (SSSR count). The van der Waals surface area contributed by atoms with Crippen molar-refractivity contribution in [1.29, 1.82) is 5.26 Å². The Balaban J connectivity index is 2.77. The van der Waals surface area contributed by atoms with Gasteiger partial charge < -0.3 is 5.32 Å². The molecule has 0 saturated heterocycles. The molecule has 104 valence electrons. The van der Waals surface area contributed by atoms with Crippen LogP contribution in [0.4, 0.5) is 0 Å². The third-order valence-electron chi connectivity index (χ3n) is 4.13. The summed E-state index contributed by atoms with van der Waals surface area (Å²) in [6.45, 7) is 10.2. The Kier molecular flexibility index (Phi) is 5.62. The van der Waals surface area contributed by atoms with Crippen LogP contribution in [0.1, 0.15) is 53.4 Å². The summed E-state index contributed by atoms with van der Waals surface area (Å²) in [5.41, 5.74) is -0.299. The lowest BCUT2D eigenvalue weighted by Gasteiger charge is -2.43. The predicted octanol–water partition coefficient (Wildman–Crippen LogP) is 2.78. The molecule has 0 bridgehead atoms. The van der Waals surface area contributed by atoms with Crippen LogP contribution < -0.4 is 5.32 Å². The average Bonchev–Trinajstić information content (AvgIpc) is 2.35. The highest BCUT2D eigenvalue weighted by atomic mass is 15.2. The number of nitrogens with zero attached hydrogens (tertiary/aromatic N) is 2. The summed E-state index contributed by atoms with van der Waals surface area (Å²) in [5.74, 6) is 0.681. The highest BCUT2D eigenvalue weighted by Gasteiger charge is 2.38. The van der Waals surface area contributed by atoms with E-state index in [0.29, 0.717) is 18.0 Å². The molecule has 0 aliphatic heterocycles. The standard InChI is InChI=1S/C15H29N3/c1-12(2)10-18(13(3)4)14-7-6-8-15(9-14,11-16)17-5/h12-14,17H,6-10H2,1-5H3. The van der Waals surface area contributed by atoms with Crippen molar-refractivity contribution in [2.45, 2.75) is 71.0 Å². The molecule has 2 unspecified atom stereocenters. The highest BCUT2D eigenvalue weighted by Crippen LogP contribution is 2.31. The largest absolute Gasteiger partial charge is 0.302 e. The summed E-state index contributed by atoms with van der Waals surface area (Å²) < 4.78 is 0. The summed E-state index contributed by atoms with van der Waals surface area (Å²) in [5, 5.41) is 12.7. The van der Waals surface area contributed by atoms with Gasteiger partial charge >= 0.3 is 0 Å². The van der Waals surface area contributed by atoms with Crippen LogP contribution in [0.3, 0.4) is 0 Å². The van der Waals surface area contributed by atoms with Gasteiger partial charge in [0.15, 0.2) is 0 Å². The molecule has 0 aromatic carbocycles. The first kappa shape index (κ1) is 15.5. The minimum absolute atomic E-state index is 0.299. The molecule has 3 heteroatoms. The van der Waals surface area contributed by atoms with Gasteiger partial charge in [0, 0.05) is 18.6 Å². The van der Waals surface area contributed by atoms with Gasteiger partial charge in [-0.05, 0) is 52.5 Å². The fourth-order valence-electron chi connectivity index (χ4n) is 3.12. The van der Waals surface area contributed by atoms with Crippen LogP contribution >= 0.6 is 0 Å². The molecule has 0 amide bonds. The number of nitriles is 1. The lowest BCUT2D eigenvalue weighted by molar-refractivity contribution is 0.0827. The molecule has 0 aromatic heterocycles. The maximum absolute atomic E-state index is 9.43. The van der Waals surface area contributed by atoms with Gasteiger partial charge in [-0.2, -0.15) is 5.26 Å².